The van der Waals surface area contributed by atoms with E-state index in [1.165, 1.54) is 18.2 Å². The van der Waals surface area contributed by atoms with Gasteiger partial charge in [-0.25, -0.2) is 34.3 Å². The van der Waals surface area contributed by atoms with Crippen molar-refractivity contribution in [1.82, 2.24) is 49.8 Å². The van der Waals surface area contributed by atoms with Crippen molar-refractivity contribution in [2.24, 2.45) is 0 Å². The van der Waals surface area contributed by atoms with Crippen molar-refractivity contribution in [2.45, 2.75) is 0 Å². The lowest BCUT2D eigenvalue weighted by Gasteiger charge is -2.09. The summed E-state index contributed by atoms with van der Waals surface area (Å²) in [5.74, 6) is -0.995. The van der Waals surface area contributed by atoms with Crippen LogP contribution in [-0.2, 0) is 0 Å². The van der Waals surface area contributed by atoms with Crippen LogP contribution in [0.1, 0.15) is 11.4 Å². The molecule has 0 unspecified atom stereocenters. The van der Waals surface area contributed by atoms with Crippen LogP contribution in [0.15, 0.2) is 18.2 Å². The van der Waals surface area contributed by atoms with E-state index in [0.29, 0.717) is 5.52 Å². The van der Waals surface area contributed by atoms with Crippen LogP contribution < -0.4 is 0 Å². The minimum Gasteiger partial charge on any atom is -0.370 e. The predicted molar refractivity (Wildman–Crippen MR) is 131 cm³/mol. The second kappa shape index (κ2) is 7.64. The van der Waals surface area contributed by atoms with Gasteiger partial charge in [0, 0.05) is 6.07 Å². The molecular formula is C24H3FN14. The third-order valence-corrected chi connectivity index (χ3v) is 5.73. The first kappa shape index (κ1) is 21.6. The summed E-state index contributed by atoms with van der Waals surface area (Å²) in [5, 5.41) is 18.8. The average molecular weight is 506 g/mol. The van der Waals surface area contributed by atoms with E-state index in [0.717, 1.165) is 0 Å². The molecule has 0 radical (unpaired) electrons. The lowest BCUT2D eigenvalue weighted by molar-refractivity contribution is 0.629. The number of hydrogen-bond donors (Lipinski definition) is 0. The van der Waals surface area contributed by atoms with Crippen molar-refractivity contribution in [1.29, 1.82) is 10.5 Å². The Hall–Kier alpha value is -6.71. The maximum absolute atomic E-state index is 14.0. The molecule has 0 fully saturated rings. The highest BCUT2D eigenvalue weighted by atomic mass is 19.1. The zero-order valence-electron chi connectivity index (χ0n) is 18.9. The van der Waals surface area contributed by atoms with E-state index < -0.39 is 5.82 Å². The Labute approximate surface area is 213 Å². The molecule has 0 aliphatic heterocycles. The van der Waals surface area contributed by atoms with Gasteiger partial charge in [-0.2, -0.15) is 20.5 Å². The van der Waals surface area contributed by atoms with Crippen LogP contribution in [-0.4, -0.2) is 49.8 Å². The summed E-state index contributed by atoms with van der Waals surface area (Å²) in [6, 6.07) is 7.53. The first-order valence-corrected chi connectivity index (χ1v) is 10.7. The fourth-order valence-corrected chi connectivity index (χ4v) is 4.08. The normalized spacial score (nSPS) is 11.1. The number of nitrogens with zero attached hydrogens (tertiary/aromatic N) is 14. The van der Waals surface area contributed by atoms with E-state index in [1.807, 2.05) is 6.07 Å². The van der Waals surface area contributed by atoms with Crippen molar-refractivity contribution in [3.63, 3.8) is 0 Å². The highest BCUT2D eigenvalue weighted by Crippen LogP contribution is 2.33. The van der Waals surface area contributed by atoms with Crippen molar-refractivity contribution in [3.05, 3.63) is 58.2 Å². The number of hydrogen-bond acceptors (Lipinski definition) is 12. The quantitative estimate of drug-likeness (QED) is 0.166. The molecule has 2 aromatic carbocycles. The SMILES string of the molecule is [C-]#[N+]c1nc2nc3c4nc5ccc(F)cc5nc4c4nc5nc(C#N)c(C#N)nc5nc4c3nc2nc1[N+]#[C-]. The van der Waals surface area contributed by atoms with Crippen LogP contribution in [0.25, 0.3) is 76.4 Å². The van der Waals surface area contributed by atoms with Crippen molar-refractivity contribution >= 4 is 78.4 Å². The number of benzene rings is 2. The van der Waals surface area contributed by atoms with Gasteiger partial charge >= 0.3 is 11.3 Å². The summed E-state index contributed by atoms with van der Waals surface area (Å²) in [6.45, 7) is 14.6. The van der Waals surface area contributed by atoms with E-state index in [9.17, 15) is 14.9 Å². The largest absolute Gasteiger partial charge is 0.370 e. The Kier molecular flexibility index (Phi) is 4.23. The molecule has 0 bridgehead atoms. The van der Waals surface area contributed by atoms with Gasteiger partial charge in [0.25, 0.3) is 11.6 Å². The van der Waals surface area contributed by atoms with Crippen molar-refractivity contribution in [3.8, 4) is 12.1 Å². The van der Waals surface area contributed by atoms with Gasteiger partial charge in [0.15, 0.2) is 22.7 Å². The molecule has 7 rings (SSSR count). The molecular weight excluding hydrogens is 503 g/mol. The average Bonchev–Trinajstić information content (AvgIpc) is 2.97. The van der Waals surface area contributed by atoms with Gasteiger partial charge in [-0.3, -0.25) is 0 Å². The van der Waals surface area contributed by atoms with Gasteiger partial charge in [-0.05, 0) is 12.1 Å². The lowest BCUT2D eigenvalue weighted by atomic mass is 10.1. The standard InChI is InChI=1S/C24H3FN14/c1-28-19-20(29-2)39-24-23(38-19)36-15-13-14(31-10-5-8(25)3-4-9(10)30-13)16-17(18(15)37-24)35-22-21(34-16)32-11(6-26)12(7-27)33-22/h3-5H. The molecule has 0 saturated carbocycles. The zero-order valence-corrected chi connectivity index (χ0v) is 18.9. The minimum atomic E-state index is -0.519. The molecule has 15 heteroatoms. The lowest BCUT2D eigenvalue weighted by Crippen LogP contribution is -2.03. The number of nitriles is 2. The second-order valence-electron chi connectivity index (χ2n) is 7.93. The molecule has 0 N–H and O–H groups in total. The first-order valence-electron chi connectivity index (χ1n) is 10.7. The van der Waals surface area contributed by atoms with Gasteiger partial charge in [-0.1, -0.05) is 13.1 Å². The van der Waals surface area contributed by atoms with Crippen LogP contribution in [0, 0.1) is 41.6 Å². The monoisotopic (exact) mass is 506 g/mol. The van der Waals surface area contributed by atoms with Crippen LogP contribution >= 0.6 is 0 Å². The van der Waals surface area contributed by atoms with E-state index in [-0.39, 0.29) is 84.2 Å². The molecule has 0 spiro atoms. The minimum absolute atomic E-state index is 0.0125. The van der Waals surface area contributed by atoms with Crippen LogP contribution in [0.3, 0.4) is 0 Å². The molecule has 0 atom stereocenters. The second-order valence-corrected chi connectivity index (χ2v) is 7.93. The number of aromatic nitrogens is 10. The van der Waals surface area contributed by atoms with Crippen molar-refractivity contribution in [2.75, 3.05) is 0 Å². The molecule has 5 aromatic heterocycles. The van der Waals surface area contributed by atoms with Crippen LogP contribution in [0.2, 0.25) is 0 Å². The molecule has 5 heterocycles. The summed E-state index contributed by atoms with van der Waals surface area (Å²) >= 11 is 0. The predicted octanol–water partition coefficient (Wildman–Crippen LogP) is 3.54. The first-order chi connectivity index (χ1) is 19.0. The van der Waals surface area contributed by atoms with E-state index in [1.54, 1.807) is 6.07 Å². The van der Waals surface area contributed by atoms with Gasteiger partial charge in [0.1, 0.15) is 51.1 Å². The van der Waals surface area contributed by atoms with E-state index >= 15 is 0 Å². The Morgan fingerprint density at radius 1 is 0.564 bits per heavy atom. The third kappa shape index (κ3) is 3.02. The number of halogens is 1. The molecule has 0 aliphatic rings. The fraction of sp³-hybridized carbons (Fsp3) is 0. The van der Waals surface area contributed by atoms with Gasteiger partial charge in [-0.15, -0.1) is 9.97 Å². The molecule has 0 saturated heterocycles. The van der Waals surface area contributed by atoms with Gasteiger partial charge < -0.3 is 9.69 Å². The topological polar surface area (TPSA) is 185 Å². The van der Waals surface area contributed by atoms with E-state index in [2.05, 4.69) is 59.5 Å². The summed E-state index contributed by atoms with van der Waals surface area (Å²) in [6.07, 6.45) is 0. The molecule has 39 heavy (non-hydrogen) atoms. The molecule has 0 aliphatic carbocycles. The summed E-state index contributed by atoms with van der Waals surface area (Å²) < 4.78 is 14.0. The Morgan fingerprint density at radius 3 is 1.41 bits per heavy atom. The number of rotatable bonds is 0. The highest BCUT2D eigenvalue weighted by molar-refractivity contribution is 6.20. The fourth-order valence-electron chi connectivity index (χ4n) is 4.08. The van der Waals surface area contributed by atoms with Crippen LogP contribution in [0.5, 0.6) is 0 Å². The third-order valence-electron chi connectivity index (χ3n) is 5.73. The molecule has 176 valence electrons. The maximum atomic E-state index is 14.0. The Balaban J connectivity index is 1.75. The van der Waals surface area contributed by atoms with Crippen molar-refractivity contribution < 1.29 is 4.39 Å². The Bertz CT molecular complexity index is 2460. The van der Waals surface area contributed by atoms with Gasteiger partial charge in [0.05, 0.1) is 11.0 Å². The van der Waals surface area contributed by atoms with Crippen LogP contribution in [0.4, 0.5) is 16.0 Å². The highest BCUT2D eigenvalue weighted by Gasteiger charge is 2.23. The molecule has 7 aromatic rings. The van der Waals surface area contributed by atoms with E-state index in [4.69, 9.17) is 13.1 Å². The summed E-state index contributed by atoms with van der Waals surface area (Å²) in [4.78, 5) is 50.3. The summed E-state index contributed by atoms with van der Waals surface area (Å²) in [5.41, 5.74) is 1.03. The molecule has 0 amide bonds. The maximum Gasteiger partial charge on any atom is 0.316 e. The van der Waals surface area contributed by atoms with Gasteiger partial charge in [0.2, 0.25) is 0 Å². The smallest absolute Gasteiger partial charge is 0.316 e. The number of fused-ring (bicyclic) bond motifs is 9. The molecule has 14 nitrogen and oxygen atoms in total. The summed E-state index contributed by atoms with van der Waals surface area (Å²) in [7, 11) is 0. The zero-order chi connectivity index (χ0) is 26.8. The Morgan fingerprint density at radius 2 is 0.974 bits per heavy atom.